The highest BCUT2D eigenvalue weighted by Gasteiger charge is 2.21. The number of fused-ring (bicyclic) bond motifs is 2. The second-order valence-corrected chi connectivity index (χ2v) is 9.32. The fourth-order valence-corrected chi connectivity index (χ4v) is 4.67. The minimum atomic E-state index is -0.262. The van der Waals surface area contributed by atoms with E-state index >= 15 is 0 Å². The lowest BCUT2D eigenvalue weighted by molar-refractivity contribution is 0.0750. The number of carbonyl (C=O) groups excluding carboxylic acids is 1. The number of aromatic amines is 1. The molecule has 0 aliphatic rings. The van der Waals surface area contributed by atoms with Gasteiger partial charge in [-0.1, -0.05) is 53.6 Å². The SMILES string of the molecule is CCN(Cc1nc2cc(Cl)ccc2c(=O)[nH]1)C(=O)c1cc(-c2ccc(C)cc2C)nc2ccccc12. The minimum Gasteiger partial charge on any atom is -0.331 e. The normalized spacial score (nSPS) is 11.2. The molecule has 0 spiro atoms. The summed E-state index contributed by atoms with van der Waals surface area (Å²) in [6, 6.07) is 20.7. The molecule has 1 amide bonds. The van der Waals surface area contributed by atoms with Gasteiger partial charge in [-0.3, -0.25) is 9.59 Å². The average molecular weight is 497 g/mol. The van der Waals surface area contributed by atoms with Crippen molar-refractivity contribution in [2.75, 3.05) is 6.54 Å². The number of hydrogen-bond acceptors (Lipinski definition) is 4. The van der Waals surface area contributed by atoms with Crippen LogP contribution in [-0.4, -0.2) is 32.3 Å². The molecular weight excluding hydrogens is 472 g/mol. The Balaban J connectivity index is 1.58. The Kier molecular flexibility index (Phi) is 6.29. The molecule has 0 saturated carbocycles. The van der Waals surface area contributed by atoms with Gasteiger partial charge >= 0.3 is 0 Å². The molecule has 1 N–H and O–H groups in total. The fourth-order valence-electron chi connectivity index (χ4n) is 4.51. The second-order valence-electron chi connectivity index (χ2n) is 8.88. The largest absolute Gasteiger partial charge is 0.331 e. The molecule has 2 heterocycles. The van der Waals surface area contributed by atoms with Gasteiger partial charge in [0.1, 0.15) is 5.82 Å². The van der Waals surface area contributed by atoms with Gasteiger partial charge in [0.2, 0.25) is 0 Å². The number of carbonyl (C=O) groups is 1. The molecule has 0 aliphatic heterocycles. The third kappa shape index (κ3) is 4.48. The van der Waals surface area contributed by atoms with E-state index in [2.05, 4.69) is 23.0 Å². The predicted molar refractivity (Wildman–Crippen MR) is 144 cm³/mol. The summed E-state index contributed by atoms with van der Waals surface area (Å²) in [4.78, 5) is 40.4. The van der Waals surface area contributed by atoms with Crippen molar-refractivity contribution >= 4 is 39.3 Å². The lowest BCUT2D eigenvalue weighted by atomic mass is 9.99. The van der Waals surface area contributed by atoms with Crippen LogP contribution >= 0.6 is 11.6 Å². The Morgan fingerprint density at radius 1 is 0.944 bits per heavy atom. The first-order valence-corrected chi connectivity index (χ1v) is 12.2. The molecule has 180 valence electrons. The van der Waals surface area contributed by atoms with E-state index in [0.29, 0.717) is 33.9 Å². The van der Waals surface area contributed by atoms with E-state index in [9.17, 15) is 9.59 Å². The summed E-state index contributed by atoms with van der Waals surface area (Å²) in [7, 11) is 0. The van der Waals surface area contributed by atoms with Crippen molar-refractivity contribution < 1.29 is 4.79 Å². The minimum absolute atomic E-state index is 0.155. The van der Waals surface area contributed by atoms with Gasteiger partial charge in [0.15, 0.2) is 0 Å². The number of pyridine rings is 1. The van der Waals surface area contributed by atoms with Crippen LogP contribution in [0.5, 0.6) is 0 Å². The zero-order chi connectivity index (χ0) is 25.4. The Bertz CT molecular complexity index is 1690. The summed E-state index contributed by atoms with van der Waals surface area (Å²) < 4.78 is 0. The van der Waals surface area contributed by atoms with Crippen LogP contribution in [0.25, 0.3) is 33.1 Å². The molecule has 0 fully saturated rings. The molecule has 0 aliphatic carbocycles. The Labute approximate surface area is 213 Å². The number of hydrogen-bond donors (Lipinski definition) is 1. The zero-order valence-electron chi connectivity index (χ0n) is 20.3. The molecule has 3 aromatic carbocycles. The molecule has 0 radical (unpaired) electrons. The number of nitrogens with one attached hydrogen (secondary N) is 1. The first-order chi connectivity index (χ1) is 17.3. The Morgan fingerprint density at radius 3 is 2.53 bits per heavy atom. The maximum atomic E-state index is 13.9. The van der Waals surface area contributed by atoms with Gasteiger partial charge < -0.3 is 9.88 Å². The summed E-state index contributed by atoms with van der Waals surface area (Å²) in [5, 5.41) is 1.73. The summed E-state index contributed by atoms with van der Waals surface area (Å²) >= 11 is 6.10. The highest BCUT2D eigenvalue weighted by molar-refractivity contribution is 6.31. The number of aromatic nitrogens is 3. The number of H-pyrrole nitrogens is 1. The summed E-state index contributed by atoms with van der Waals surface area (Å²) in [6.45, 7) is 6.60. The van der Waals surface area contributed by atoms with Crippen LogP contribution in [0, 0.1) is 13.8 Å². The highest BCUT2D eigenvalue weighted by Crippen LogP contribution is 2.28. The predicted octanol–water partition coefficient (Wildman–Crippen LogP) is 6.07. The molecule has 5 rings (SSSR count). The molecule has 2 aromatic heterocycles. The zero-order valence-corrected chi connectivity index (χ0v) is 21.1. The van der Waals surface area contributed by atoms with E-state index in [-0.39, 0.29) is 18.0 Å². The molecule has 7 heteroatoms. The third-order valence-electron chi connectivity index (χ3n) is 6.33. The topological polar surface area (TPSA) is 79.0 Å². The molecule has 6 nitrogen and oxygen atoms in total. The highest BCUT2D eigenvalue weighted by atomic mass is 35.5. The van der Waals surface area contributed by atoms with Crippen LogP contribution in [0.4, 0.5) is 0 Å². The van der Waals surface area contributed by atoms with Crippen molar-refractivity contribution in [3.63, 3.8) is 0 Å². The van der Waals surface area contributed by atoms with Crippen molar-refractivity contribution in [1.29, 1.82) is 0 Å². The molecule has 0 saturated heterocycles. The van der Waals surface area contributed by atoms with Crippen molar-refractivity contribution in [1.82, 2.24) is 19.9 Å². The number of halogens is 1. The van der Waals surface area contributed by atoms with E-state index in [4.69, 9.17) is 16.6 Å². The first-order valence-electron chi connectivity index (χ1n) is 11.8. The monoisotopic (exact) mass is 496 g/mol. The number of para-hydroxylation sites is 1. The number of aryl methyl sites for hydroxylation is 2. The summed E-state index contributed by atoms with van der Waals surface area (Å²) in [6.07, 6.45) is 0. The maximum absolute atomic E-state index is 13.9. The van der Waals surface area contributed by atoms with Crippen LogP contribution in [0.15, 0.2) is 71.5 Å². The van der Waals surface area contributed by atoms with E-state index < -0.39 is 0 Å². The van der Waals surface area contributed by atoms with Gasteiger partial charge in [-0.25, -0.2) is 9.97 Å². The summed E-state index contributed by atoms with van der Waals surface area (Å²) in [5.74, 6) is 0.244. The number of benzene rings is 3. The molecule has 5 aromatic rings. The molecule has 0 unspecified atom stereocenters. The van der Waals surface area contributed by atoms with Crippen LogP contribution in [0.2, 0.25) is 5.02 Å². The fraction of sp³-hybridized carbons (Fsp3) is 0.172. The first kappa shape index (κ1) is 23.7. The standard InChI is InChI=1S/C29H25ClN4O2/c1-4-34(16-27-32-25-14-19(30)10-12-22(25)28(35)33-27)29(36)23-15-26(20-11-9-17(2)13-18(20)3)31-24-8-6-5-7-21(23)24/h5-15H,4,16H2,1-3H3,(H,32,33,35). The van der Waals surface area contributed by atoms with Crippen molar-refractivity contribution in [3.8, 4) is 11.3 Å². The Morgan fingerprint density at radius 2 is 1.75 bits per heavy atom. The van der Waals surface area contributed by atoms with Crippen molar-refractivity contribution in [3.05, 3.63) is 105 Å². The van der Waals surface area contributed by atoms with Gasteiger partial charge in [-0.2, -0.15) is 0 Å². The summed E-state index contributed by atoms with van der Waals surface area (Å²) in [5.41, 5.74) is 5.55. The quantitative estimate of drug-likeness (QED) is 0.320. The molecule has 0 bridgehead atoms. The van der Waals surface area contributed by atoms with Gasteiger partial charge in [-0.05, 0) is 56.7 Å². The van der Waals surface area contributed by atoms with Gasteiger partial charge in [0.05, 0.1) is 34.2 Å². The van der Waals surface area contributed by atoms with Crippen LogP contribution in [-0.2, 0) is 6.54 Å². The second kappa shape index (κ2) is 9.55. The lowest BCUT2D eigenvalue weighted by Gasteiger charge is -2.22. The van der Waals surface area contributed by atoms with E-state index in [1.165, 1.54) is 5.56 Å². The van der Waals surface area contributed by atoms with Crippen molar-refractivity contribution in [2.45, 2.75) is 27.3 Å². The van der Waals surface area contributed by atoms with Crippen molar-refractivity contribution in [2.24, 2.45) is 0 Å². The van der Waals surface area contributed by atoms with Crippen LogP contribution in [0.3, 0.4) is 0 Å². The smallest absolute Gasteiger partial charge is 0.258 e. The van der Waals surface area contributed by atoms with E-state index in [1.54, 1.807) is 23.1 Å². The van der Waals surface area contributed by atoms with Gasteiger partial charge in [-0.15, -0.1) is 0 Å². The van der Waals surface area contributed by atoms with Gasteiger partial charge in [0, 0.05) is 22.5 Å². The molecular formula is C29H25ClN4O2. The van der Waals surface area contributed by atoms with E-state index in [1.807, 2.05) is 56.3 Å². The van der Waals surface area contributed by atoms with Crippen LogP contribution < -0.4 is 5.56 Å². The Hall–Kier alpha value is -4.03. The number of rotatable bonds is 5. The molecule has 36 heavy (non-hydrogen) atoms. The lowest BCUT2D eigenvalue weighted by Crippen LogP contribution is -2.32. The number of nitrogens with zero attached hydrogens (tertiary/aromatic N) is 3. The van der Waals surface area contributed by atoms with Crippen LogP contribution in [0.1, 0.15) is 34.2 Å². The number of amides is 1. The third-order valence-corrected chi connectivity index (χ3v) is 6.57. The maximum Gasteiger partial charge on any atom is 0.258 e. The van der Waals surface area contributed by atoms with E-state index in [0.717, 1.165) is 27.7 Å². The average Bonchev–Trinajstić information content (AvgIpc) is 2.86. The molecule has 0 atom stereocenters. The van der Waals surface area contributed by atoms with Gasteiger partial charge in [0.25, 0.3) is 11.5 Å².